The lowest BCUT2D eigenvalue weighted by atomic mass is 10.3. The molecular weight excluding hydrogens is 166 g/mol. The number of pyridine rings is 1. The predicted molar refractivity (Wildman–Crippen MR) is 40.2 cm³/mol. The summed E-state index contributed by atoms with van der Waals surface area (Å²) in [5, 5.41) is 0. The van der Waals surface area contributed by atoms with Crippen LogP contribution in [0.2, 0.25) is 0 Å². The van der Waals surface area contributed by atoms with E-state index >= 15 is 0 Å². The van der Waals surface area contributed by atoms with Gasteiger partial charge in [0.1, 0.15) is 11.4 Å². The Balaban J connectivity index is 3.03. The molecule has 1 aromatic heterocycles. The fraction of sp³-hybridized carbons (Fsp3) is 0.286. The van der Waals surface area contributed by atoms with E-state index in [9.17, 15) is 8.78 Å². The molecule has 1 heterocycles. The molecule has 0 bridgehead atoms. The van der Waals surface area contributed by atoms with Crippen molar-refractivity contribution in [1.29, 1.82) is 0 Å². The molecule has 2 N–H and O–H groups in total. The summed E-state index contributed by atoms with van der Waals surface area (Å²) in [4.78, 5) is 3.45. The van der Waals surface area contributed by atoms with Crippen molar-refractivity contribution in [2.45, 2.75) is 6.43 Å². The Labute approximate surface area is 68.2 Å². The van der Waals surface area contributed by atoms with Crippen LogP contribution in [0.25, 0.3) is 0 Å². The molecule has 66 valence electrons. The van der Waals surface area contributed by atoms with Crippen molar-refractivity contribution in [3.8, 4) is 5.75 Å². The number of hydrogen-bond acceptors (Lipinski definition) is 3. The summed E-state index contributed by atoms with van der Waals surface area (Å²) in [6.07, 6.45) is -1.44. The summed E-state index contributed by atoms with van der Waals surface area (Å²) in [5.74, 6) is 0.372. The molecule has 0 unspecified atom stereocenters. The van der Waals surface area contributed by atoms with Gasteiger partial charge in [-0.1, -0.05) is 0 Å². The minimum atomic E-state index is -2.64. The molecule has 1 aromatic rings. The number of alkyl halides is 2. The molecule has 0 aromatic carbocycles. The Kier molecular flexibility index (Phi) is 2.42. The van der Waals surface area contributed by atoms with Crippen LogP contribution in [0.3, 0.4) is 0 Å². The lowest BCUT2D eigenvalue weighted by Gasteiger charge is -2.04. The Morgan fingerprint density at radius 2 is 2.25 bits per heavy atom. The molecule has 1 rings (SSSR count). The molecule has 0 aliphatic rings. The highest BCUT2D eigenvalue weighted by Crippen LogP contribution is 2.25. The summed E-state index contributed by atoms with van der Waals surface area (Å²) in [6.45, 7) is 0. The summed E-state index contributed by atoms with van der Waals surface area (Å²) in [5.41, 5.74) is 4.82. The maximum Gasteiger partial charge on any atom is 0.282 e. The lowest BCUT2D eigenvalue weighted by molar-refractivity contribution is 0.147. The van der Waals surface area contributed by atoms with Crippen LogP contribution in [0.5, 0.6) is 5.75 Å². The normalized spacial score (nSPS) is 10.3. The zero-order valence-electron chi connectivity index (χ0n) is 6.42. The summed E-state index contributed by atoms with van der Waals surface area (Å²) >= 11 is 0. The van der Waals surface area contributed by atoms with Crippen LogP contribution in [0.4, 0.5) is 14.5 Å². The molecule has 0 radical (unpaired) electrons. The van der Waals surface area contributed by atoms with Gasteiger partial charge in [0.15, 0.2) is 0 Å². The number of nitrogens with zero attached hydrogens (tertiary/aromatic N) is 1. The number of rotatable bonds is 2. The number of methoxy groups -OCH3 is 1. The van der Waals surface area contributed by atoms with Crippen molar-refractivity contribution >= 4 is 5.69 Å². The molecule has 0 saturated heterocycles. The number of aromatic nitrogens is 1. The molecule has 0 spiro atoms. The molecule has 0 atom stereocenters. The first kappa shape index (κ1) is 8.70. The average Bonchev–Trinajstić information content (AvgIpc) is 2.03. The molecule has 3 nitrogen and oxygen atoms in total. The topological polar surface area (TPSA) is 48.1 Å². The molecule has 0 aliphatic heterocycles. The Morgan fingerprint density at radius 3 is 2.67 bits per heavy atom. The zero-order valence-corrected chi connectivity index (χ0v) is 6.42. The molecule has 0 fully saturated rings. The van der Waals surface area contributed by atoms with Crippen LogP contribution in [-0.4, -0.2) is 12.1 Å². The monoisotopic (exact) mass is 174 g/mol. The molecule has 0 saturated carbocycles. The summed E-state index contributed by atoms with van der Waals surface area (Å²) in [6, 6.07) is 1.31. The largest absolute Gasteiger partial charge is 0.495 e. The van der Waals surface area contributed by atoms with Gasteiger partial charge in [0.2, 0.25) is 0 Å². The molecule has 0 aliphatic carbocycles. The van der Waals surface area contributed by atoms with Crippen LogP contribution in [-0.2, 0) is 0 Å². The van der Waals surface area contributed by atoms with Crippen LogP contribution < -0.4 is 10.5 Å². The van der Waals surface area contributed by atoms with Gasteiger partial charge in [0.25, 0.3) is 6.43 Å². The number of nitrogen functional groups attached to an aromatic ring is 1. The third-order valence-corrected chi connectivity index (χ3v) is 1.37. The maximum absolute atomic E-state index is 12.1. The third-order valence-electron chi connectivity index (χ3n) is 1.37. The number of halogens is 2. The van der Waals surface area contributed by atoms with Crippen molar-refractivity contribution in [2.75, 3.05) is 12.8 Å². The van der Waals surface area contributed by atoms with Gasteiger partial charge in [-0.2, -0.15) is 0 Å². The van der Waals surface area contributed by atoms with E-state index in [1.54, 1.807) is 0 Å². The van der Waals surface area contributed by atoms with Crippen molar-refractivity contribution in [3.63, 3.8) is 0 Å². The van der Waals surface area contributed by atoms with Gasteiger partial charge in [-0.05, 0) is 0 Å². The molecular formula is C7H8F2N2O. The second-order valence-electron chi connectivity index (χ2n) is 2.15. The fourth-order valence-corrected chi connectivity index (χ4v) is 0.766. The second-order valence-corrected chi connectivity index (χ2v) is 2.15. The van der Waals surface area contributed by atoms with Gasteiger partial charge >= 0.3 is 0 Å². The van der Waals surface area contributed by atoms with E-state index in [1.165, 1.54) is 19.4 Å². The van der Waals surface area contributed by atoms with E-state index in [1.807, 2.05) is 0 Å². The van der Waals surface area contributed by atoms with Gasteiger partial charge < -0.3 is 10.5 Å². The third kappa shape index (κ3) is 1.61. The smallest absolute Gasteiger partial charge is 0.282 e. The van der Waals surface area contributed by atoms with Crippen LogP contribution in [0.15, 0.2) is 12.3 Å². The first-order valence-corrected chi connectivity index (χ1v) is 3.22. The predicted octanol–water partition coefficient (Wildman–Crippen LogP) is 1.61. The van der Waals surface area contributed by atoms with Gasteiger partial charge in [0, 0.05) is 6.07 Å². The SMILES string of the molecule is COc1cnc(C(F)F)c(N)c1. The maximum atomic E-state index is 12.1. The van der Waals surface area contributed by atoms with Crippen LogP contribution in [0, 0.1) is 0 Å². The van der Waals surface area contributed by atoms with Crippen molar-refractivity contribution < 1.29 is 13.5 Å². The highest BCUT2D eigenvalue weighted by atomic mass is 19.3. The first-order valence-electron chi connectivity index (χ1n) is 3.22. The first-order chi connectivity index (χ1) is 5.65. The standard InChI is InChI=1S/C7H8F2N2O/c1-12-4-2-5(10)6(7(8)9)11-3-4/h2-3,7H,10H2,1H3. The Bertz CT molecular complexity index is 278. The van der Waals surface area contributed by atoms with Gasteiger partial charge in [0.05, 0.1) is 19.0 Å². The van der Waals surface area contributed by atoms with Crippen LogP contribution >= 0.6 is 0 Å². The van der Waals surface area contributed by atoms with Crippen molar-refractivity contribution in [1.82, 2.24) is 4.98 Å². The summed E-state index contributed by atoms with van der Waals surface area (Å²) < 4.78 is 28.9. The summed E-state index contributed by atoms with van der Waals surface area (Å²) in [7, 11) is 1.42. The lowest BCUT2D eigenvalue weighted by Crippen LogP contribution is -1.98. The van der Waals surface area contributed by atoms with E-state index in [0.717, 1.165) is 0 Å². The van der Waals surface area contributed by atoms with E-state index in [2.05, 4.69) is 4.98 Å². The highest BCUT2D eigenvalue weighted by molar-refractivity contribution is 5.47. The van der Waals surface area contributed by atoms with Gasteiger partial charge in [-0.15, -0.1) is 0 Å². The molecule has 12 heavy (non-hydrogen) atoms. The molecule has 5 heteroatoms. The Morgan fingerprint density at radius 1 is 1.58 bits per heavy atom. The van der Waals surface area contributed by atoms with E-state index in [0.29, 0.717) is 5.75 Å². The van der Waals surface area contributed by atoms with Gasteiger partial charge in [-0.3, -0.25) is 0 Å². The highest BCUT2D eigenvalue weighted by Gasteiger charge is 2.12. The number of hydrogen-bond donors (Lipinski definition) is 1. The zero-order chi connectivity index (χ0) is 9.14. The van der Waals surface area contributed by atoms with Crippen molar-refractivity contribution in [3.05, 3.63) is 18.0 Å². The van der Waals surface area contributed by atoms with Crippen LogP contribution in [0.1, 0.15) is 12.1 Å². The number of ether oxygens (including phenoxy) is 1. The minimum absolute atomic E-state index is 0.0515. The second kappa shape index (κ2) is 3.34. The minimum Gasteiger partial charge on any atom is -0.495 e. The average molecular weight is 174 g/mol. The van der Waals surface area contributed by atoms with E-state index in [4.69, 9.17) is 10.5 Å². The fourth-order valence-electron chi connectivity index (χ4n) is 0.766. The molecule has 0 amide bonds. The van der Waals surface area contributed by atoms with E-state index in [-0.39, 0.29) is 5.69 Å². The van der Waals surface area contributed by atoms with Gasteiger partial charge in [-0.25, -0.2) is 13.8 Å². The number of anilines is 1. The quantitative estimate of drug-likeness (QED) is 0.740. The Hall–Kier alpha value is -1.39. The number of nitrogens with two attached hydrogens (primary N) is 1. The van der Waals surface area contributed by atoms with Crippen molar-refractivity contribution in [2.24, 2.45) is 0 Å². The van der Waals surface area contributed by atoms with E-state index < -0.39 is 12.1 Å².